The van der Waals surface area contributed by atoms with Crippen LogP contribution in [0.2, 0.25) is 0 Å². The average molecular weight is 253 g/mol. The predicted molar refractivity (Wildman–Crippen MR) is 79.0 cm³/mol. The Labute approximate surface area is 114 Å². The summed E-state index contributed by atoms with van der Waals surface area (Å²) in [7, 11) is 3.86. The second-order valence-corrected chi connectivity index (χ2v) is 4.96. The second kappa shape index (κ2) is 5.81. The highest BCUT2D eigenvalue weighted by molar-refractivity contribution is 5.83. The molecule has 0 aliphatic rings. The van der Waals surface area contributed by atoms with Gasteiger partial charge >= 0.3 is 0 Å². The quantitative estimate of drug-likeness (QED) is 0.830. The van der Waals surface area contributed by atoms with Crippen molar-refractivity contribution in [1.82, 2.24) is 4.90 Å². The lowest BCUT2D eigenvalue weighted by molar-refractivity contribution is -0.121. The summed E-state index contributed by atoms with van der Waals surface area (Å²) >= 11 is 0. The number of likely N-dealkylation sites (N-methyl/N-ethyl adjacent to an activating group) is 1. The van der Waals surface area contributed by atoms with E-state index in [2.05, 4.69) is 24.3 Å². The maximum absolute atomic E-state index is 11.7. The molecule has 0 aliphatic carbocycles. The first-order valence-corrected chi connectivity index (χ1v) is 6.42. The first kappa shape index (κ1) is 13.5. The number of ketones is 1. The monoisotopic (exact) mass is 253 g/mol. The molecule has 0 amide bonds. The van der Waals surface area contributed by atoms with Crippen LogP contribution in [0, 0.1) is 0 Å². The van der Waals surface area contributed by atoms with Gasteiger partial charge in [0.2, 0.25) is 0 Å². The minimum Gasteiger partial charge on any atom is -0.298 e. The summed E-state index contributed by atoms with van der Waals surface area (Å²) in [6, 6.07) is 18.3. The molecule has 0 spiro atoms. The molecule has 1 unspecified atom stereocenters. The number of benzene rings is 2. The van der Waals surface area contributed by atoms with E-state index in [1.54, 1.807) is 6.92 Å². The summed E-state index contributed by atoms with van der Waals surface area (Å²) in [5.74, 6) is 0.164. The summed E-state index contributed by atoms with van der Waals surface area (Å²) in [6.45, 7) is 1.63. The lowest BCUT2D eigenvalue weighted by Crippen LogP contribution is -2.25. The van der Waals surface area contributed by atoms with Crippen LogP contribution in [0.3, 0.4) is 0 Å². The van der Waals surface area contributed by atoms with Gasteiger partial charge in [-0.3, -0.25) is 9.69 Å². The first-order chi connectivity index (χ1) is 9.09. The fourth-order valence-corrected chi connectivity index (χ4v) is 2.38. The molecule has 0 saturated carbocycles. The number of hydrogen-bond donors (Lipinski definition) is 0. The number of hydrogen-bond acceptors (Lipinski definition) is 2. The van der Waals surface area contributed by atoms with Gasteiger partial charge in [-0.1, -0.05) is 54.6 Å². The Kier molecular flexibility index (Phi) is 4.13. The summed E-state index contributed by atoms with van der Waals surface area (Å²) in [6.07, 6.45) is 0. The van der Waals surface area contributed by atoms with E-state index in [4.69, 9.17) is 0 Å². The van der Waals surface area contributed by atoms with Crippen LogP contribution in [0.1, 0.15) is 18.5 Å². The molecule has 1 atom stereocenters. The van der Waals surface area contributed by atoms with E-state index >= 15 is 0 Å². The van der Waals surface area contributed by atoms with Crippen molar-refractivity contribution >= 4 is 5.78 Å². The number of carbonyl (C=O) groups excluding carboxylic acids is 1. The van der Waals surface area contributed by atoms with E-state index in [9.17, 15) is 4.79 Å². The van der Waals surface area contributed by atoms with Crippen LogP contribution < -0.4 is 0 Å². The summed E-state index contributed by atoms with van der Waals surface area (Å²) in [5.41, 5.74) is 3.40. The molecule has 2 nitrogen and oxygen atoms in total. The van der Waals surface area contributed by atoms with Gasteiger partial charge in [-0.05, 0) is 37.7 Å². The summed E-state index contributed by atoms with van der Waals surface area (Å²) in [4.78, 5) is 13.6. The number of carbonyl (C=O) groups is 1. The Morgan fingerprint density at radius 1 is 0.895 bits per heavy atom. The lowest BCUT2D eigenvalue weighted by atomic mass is 9.98. The molecule has 2 aromatic carbocycles. The third-order valence-corrected chi connectivity index (χ3v) is 3.24. The highest BCUT2D eigenvalue weighted by atomic mass is 16.1. The lowest BCUT2D eigenvalue weighted by Gasteiger charge is -2.22. The number of Topliss-reactive ketones (excluding diaryl/α,β-unsaturated/α-hetero) is 1. The SMILES string of the molecule is CC(=O)C(c1ccc(-c2ccccc2)cc1)N(C)C. The molecule has 0 fully saturated rings. The van der Waals surface area contributed by atoms with Gasteiger partial charge in [-0.15, -0.1) is 0 Å². The molecule has 0 radical (unpaired) electrons. The largest absolute Gasteiger partial charge is 0.298 e. The topological polar surface area (TPSA) is 20.3 Å². The van der Waals surface area contributed by atoms with Crippen LogP contribution in [0.5, 0.6) is 0 Å². The maximum Gasteiger partial charge on any atom is 0.151 e. The van der Waals surface area contributed by atoms with E-state index in [1.807, 2.05) is 49.3 Å². The zero-order chi connectivity index (χ0) is 13.8. The van der Waals surface area contributed by atoms with Crippen molar-refractivity contribution in [1.29, 1.82) is 0 Å². The minimum absolute atomic E-state index is 0.162. The molecule has 98 valence electrons. The van der Waals surface area contributed by atoms with Crippen LogP contribution in [0.25, 0.3) is 11.1 Å². The Bertz CT molecular complexity index is 543. The van der Waals surface area contributed by atoms with E-state index < -0.39 is 0 Å². The van der Waals surface area contributed by atoms with Gasteiger partial charge in [-0.25, -0.2) is 0 Å². The van der Waals surface area contributed by atoms with Crippen molar-refractivity contribution in [3.63, 3.8) is 0 Å². The molecular weight excluding hydrogens is 234 g/mol. The van der Waals surface area contributed by atoms with Crippen LogP contribution in [-0.4, -0.2) is 24.8 Å². The standard InChI is InChI=1S/C17H19NO/c1-13(19)17(18(2)3)16-11-9-15(10-12-16)14-7-5-4-6-8-14/h4-12,17H,1-3H3. The molecule has 0 aliphatic heterocycles. The van der Waals surface area contributed by atoms with E-state index in [-0.39, 0.29) is 11.8 Å². The van der Waals surface area contributed by atoms with Gasteiger partial charge in [0.15, 0.2) is 5.78 Å². The zero-order valence-corrected chi connectivity index (χ0v) is 11.6. The van der Waals surface area contributed by atoms with Crippen molar-refractivity contribution in [2.24, 2.45) is 0 Å². The molecule has 0 bridgehead atoms. The van der Waals surface area contributed by atoms with E-state index in [1.165, 1.54) is 11.1 Å². The van der Waals surface area contributed by atoms with Crippen molar-refractivity contribution in [3.05, 3.63) is 60.2 Å². The Hall–Kier alpha value is -1.93. The van der Waals surface area contributed by atoms with Gasteiger partial charge in [0.05, 0.1) is 6.04 Å². The fourth-order valence-electron chi connectivity index (χ4n) is 2.38. The molecule has 19 heavy (non-hydrogen) atoms. The fraction of sp³-hybridized carbons (Fsp3) is 0.235. The molecule has 2 rings (SSSR count). The minimum atomic E-state index is -0.162. The van der Waals surface area contributed by atoms with Crippen LogP contribution in [-0.2, 0) is 4.79 Å². The molecule has 0 N–H and O–H groups in total. The predicted octanol–water partition coefficient (Wildman–Crippen LogP) is 3.55. The van der Waals surface area contributed by atoms with Crippen LogP contribution in [0.4, 0.5) is 0 Å². The van der Waals surface area contributed by atoms with Crippen LogP contribution >= 0.6 is 0 Å². The van der Waals surface area contributed by atoms with Crippen molar-refractivity contribution in [2.75, 3.05) is 14.1 Å². The van der Waals surface area contributed by atoms with Gasteiger partial charge in [-0.2, -0.15) is 0 Å². The van der Waals surface area contributed by atoms with Crippen molar-refractivity contribution in [2.45, 2.75) is 13.0 Å². The highest BCUT2D eigenvalue weighted by Gasteiger charge is 2.18. The van der Waals surface area contributed by atoms with Crippen molar-refractivity contribution < 1.29 is 4.79 Å². The maximum atomic E-state index is 11.7. The smallest absolute Gasteiger partial charge is 0.151 e. The third kappa shape index (κ3) is 3.09. The van der Waals surface area contributed by atoms with Crippen LogP contribution in [0.15, 0.2) is 54.6 Å². The summed E-state index contributed by atoms with van der Waals surface area (Å²) in [5, 5.41) is 0. The second-order valence-electron chi connectivity index (χ2n) is 4.96. The van der Waals surface area contributed by atoms with Gasteiger partial charge in [0.25, 0.3) is 0 Å². The molecule has 0 saturated heterocycles. The zero-order valence-electron chi connectivity index (χ0n) is 11.6. The first-order valence-electron chi connectivity index (χ1n) is 6.42. The third-order valence-electron chi connectivity index (χ3n) is 3.24. The normalized spacial score (nSPS) is 12.4. The van der Waals surface area contributed by atoms with E-state index in [0.717, 1.165) is 5.56 Å². The van der Waals surface area contributed by atoms with Gasteiger partial charge in [0, 0.05) is 0 Å². The molecule has 0 heterocycles. The molecule has 2 heteroatoms. The van der Waals surface area contributed by atoms with E-state index in [0.29, 0.717) is 0 Å². The molecular formula is C17H19NO. The Balaban J connectivity index is 2.30. The van der Waals surface area contributed by atoms with Gasteiger partial charge < -0.3 is 0 Å². The Morgan fingerprint density at radius 3 is 1.89 bits per heavy atom. The van der Waals surface area contributed by atoms with Gasteiger partial charge in [0.1, 0.15) is 0 Å². The Morgan fingerprint density at radius 2 is 1.42 bits per heavy atom. The summed E-state index contributed by atoms with van der Waals surface area (Å²) < 4.78 is 0. The number of rotatable bonds is 4. The number of nitrogens with zero attached hydrogens (tertiary/aromatic N) is 1. The molecule has 0 aromatic heterocycles. The average Bonchev–Trinajstić information content (AvgIpc) is 2.40. The van der Waals surface area contributed by atoms with Crippen molar-refractivity contribution in [3.8, 4) is 11.1 Å². The molecule has 2 aromatic rings. The highest BCUT2D eigenvalue weighted by Crippen LogP contribution is 2.24.